The maximum Gasteiger partial charge on any atom is 0.414 e. The standard InChI is InChI=1S/C12H12ClNO4/c1-7-9(13)3-2-4-10(7)14-8(5-11(15)16)6-18-12(14)17/h2-4,8H,5-6H2,1H3,(H,15,16). The van der Waals surface area contributed by atoms with Crippen LogP contribution < -0.4 is 4.90 Å². The molecule has 0 aromatic heterocycles. The summed E-state index contributed by atoms with van der Waals surface area (Å²) >= 11 is 6.00. The van der Waals surface area contributed by atoms with Crippen LogP contribution in [0.15, 0.2) is 18.2 Å². The quantitative estimate of drug-likeness (QED) is 0.915. The van der Waals surface area contributed by atoms with E-state index in [0.29, 0.717) is 10.7 Å². The SMILES string of the molecule is Cc1c(Cl)cccc1N1C(=O)OCC1CC(=O)O. The highest BCUT2D eigenvalue weighted by molar-refractivity contribution is 6.31. The number of hydrogen-bond donors (Lipinski definition) is 1. The molecule has 1 aliphatic heterocycles. The van der Waals surface area contributed by atoms with E-state index in [9.17, 15) is 9.59 Å². The molecule has 1 aliphatic rings. The molecule has 6 heteroatoms. The number of carboxylic acids is 1. The Kier molecular flexibility index (Phi) is 3.43. The molecule has 1 saturated heterocycles. The van der Waals surface area contributed by atoms with Crippen molar-refractivity contribution in [3.05, 3.63) is 28.8 Å². The number of benzene rings is 1. The lowest BCUT2D eigenvalue weighted by Gasteiger charge is -2.22. The average molecular weight is 270 g/mol. The van der Waals surface area contributed by atoms with Crippen molar-refractivity contribution < 1.29 is 19.4 Å². The molecule has 18 heavy (non-hydrogen) atoms. The highest BCUT2D eigenvalue weighted by Crippen LogP contribution is 2.31. The minimum Gasteiger partial charge on any atom is -0.481 e. The number of carbonyl (C=O) groups excluding carboxylic acids is 1. The number of amides is 1. The van der Waals surface area contributed by atoms with Gasteiger partial charge in [0.25, 0.3) is 0 Å². The molecule has 1 fully saturated rings. The minimum atomic E-state index is -0.969. The topological polar surface area (TPSA) is 66.8 Å². The normalized spacial score (nSPS) is 18.9. The molecule has 1 heterocycles. The number of halogens is 1. The van der Waals surface area contributed by atoms with Gasteiger partial charge in [0.2, 0.25) is 0 Å². The Morgan fingerprint density at radius 2 is 2.33 bits per heavy atom. The third-order valence-electron chi connectivity index (χ3n) is 2.87. The molecule has 0 saturated carbocycles. The van der Waals surface area contributed by atoms with Gasteiger partial charge in [-0.3, -0.25) is 9.69 Å². The Balaban J connectivity index is 2.36. The van der Waals surface area contributed by atoms with Gasteiger partial charge in [-0.1, -0.05) is 17.7 Å². The maximum absolute atomic E-state index is 11.7. The van der Waals surface area contributed by atoms with Crippen LogP contribution in [-0.4, -0.2) is 29.8 Å². The number of cyclic esters (lactones) is 1. The van der Waals surface area contributed by atoms with Crippen LogP contribution in [0, 0.1) is 6.92 Å². The fourth-order valence-electron chi connectivity index (χ4n) is 1.96. The number of ether oxygens (including phenoxy) is 1. The first kappa shape index (κ1) is 12.7. The first-order valence-corrected chi connectivity index (χ1v) is 5.81. The molecule has 1 N–H and O–H groups in total. The Hall–Kier alpha value is -1.75. The first-order chi connectivity index (χ1) is 8.50. The van der Waals surface area contributed by atoms with Gasteiger partial charge >= 0.3 is 12.1 Å². The number of anilines is 1. The van der Waals surface area contributed by atoms with E-state index < -0.39 is 18.1 Å². The van der Waals surface area contributed by atoms with Crippen LogP contribution >= 0.6 is 11.6 Å². The van der Waals surface area contributed by atoms with Gasteiger partial charge in [0.05, 0.1) is 18.2 Å². The molecule has 1 aromatic rings. The predicted molar refractivity (Wildman–Crippen MR) is 66.1 cm³/mol. The largest absolute Gasteiger partial charge is 0.481 e. The lowest BCUT2D eigenvalue weighted by molar-refractivity contribution is -0.137. The van der Waals surface area contributed by atoms with Crippen molar-refractivity contribution in [3.63, 3.8) is 0 Å². The van der Waals surface area contributed by atoms with Gasteiger partial charge in [-0.15, -0.1) is 0 Å². The van der Waals surface area contributed by atoms with E-state index in [1.54, 1.807) is 25.1 Å². The molecule has 0 aliphatic carbocycles. The summed E-state index contributed by atoms with van der Waals surface area (Å²) in [5.74, 6) is -0.969. The van der Waals surface area contributed by atoms with Gasteiger partial charge in [0.15, 0.2) is 0 Å². The summed E-state index contributed by atoms with van der Waals surface area (Å²) in [7, 11) is 0. The van der Waals surface area contributed by atoms with Crippen molar-refractivity contribution in [3.8, 4) is 0 Å². The highest BCUT2D eigenvalue weighted by atomic mass is 35.5. The zero-order valence-electron chi connectivity index (χ0n) is 9.72. The summed E-state index contributed by atoms with van der Waals surface area (Å²) in [6.45, 7) is 1.86. The second kappa shape index (κ2) is 4.86. The summed E-state index contributed by atoms with van der Waals surface area (Å²) in [6.07, 6.45) is -0.691. The molecule has 96 valence electrons. The lowest BCUT2D eigenvalue weighted by atomic mass is 10.1. The molecular weight excluding hydrogens is 258 g/mol. The second-order valence-corrected chi connectivity index (χ2v) is 4.49. The summed E-state index contributed by atoms with van der Waals surface area (Å²) in [6, 6.07) is 4.66. The van der Waals surface area contributed by atoms with Crippen LogP contribution in [0.25, 0.3) is 0 Å². The van der Waals surface area contributed by atoms with Gasteiger partial charge < -0.3 is 9.84 Å². The van der Waals surface area contributed by atoms with E-state index in [1.807, 2.05) is 0 Å². The fourth-order valence-corrected chi connectivity index (χ4v) is 2.13. The molecule has 0 radical (unpaired) electrons. The average Bonchev–Trinajstić information content (AvgIpc) is 2.63. The summed E-state index contributed by atoms with van der Waals surface area (Å²) in [5, 5.41) is 9.36. The van der Waals surface area contributed by atoms with E-state index in [-0.39, 0.29) is 13.0 Å². The van der Waals surface area contributed by atoms with Crippen molar-refractivity contribution in [2.24, 2.45) is 0 Å². The smallest absolute Gasteiger partial charge is 0.414 e. The number of carboxylic acid groups (broad SMARTS) is 1. The Bertz CT molecular complexity index is 503. The second-order valence-electron chi connectivity index (χ2n) is 4.08. The molecule has 1 unspecified atom stereocenters. The number of rotatable bonds is 3. The van der Waals surface area contributed by atoms with Crippen LogP contribution in [0.5, 0.6) is 0 Å². The van der Waals surface area contributed by atoms with Crippen LogP contribution in [0.3, 0.4) is 0 Å². The molecule has 0 spiro atoms. The summed E-state index contributed by atoms with van der Waals surface area (Å²) in [5.41, 5.74) is 1.32. The molecule has 1 aromatic carbocycles. The molecule has 2 rings (SSSR count). The van der Waals surface area contributed by atoms with E-state index in [0.717, 1.165) is 5.56 Å². The van der Waals surface area contributed by atoms with Crippen LogP contribution in [0.4, 0.5) is 10.5 Å². The van der Waals surface area contributed by atoms with Crippen molar-refractivity contribution >= 4 is 29.4 Å². The molecule has 5 nitrogen and oxygen atoms in total. The number of carbonyl (C=O) groups is 2. The zero-order chi connectivity index (χ0) is 13.3. The van der Waals surface area contributed by atoms with Gasteiger partial charge in [0, 0.05) is 5.02 Å². The number of aliphatic carboxylic acids is 1. The lowest BCUT2D eigenvalue weighted by Crippen LogP contribution is -2.35. The molecule has 1 amide bonds. The van der Waals surface area contributed by atoms with E-state index >= 15 is 0 Å². The summed E-state index contributed by atoms with van der Waals surface area (Å²) in [4.78, 5) is 23.8. The predicted octanol–water partition coefficient (Wildman–Crippen LogP) is 2.45. The van der Waals surface area contributed by atoms with Crippen molar-refractivity contribution in [2.45, 2.75) is 19.4 Å². The van der Waals surface area contributed by atoms with Gasteiger partial charge in [0.1, 0.15) is 6.61 Å². The number of hydrogen-bond acceptors (Lipinski definition) is 3. The Labute approximate surface area is 109 Å². The monoisotopic (exact) mass is 269 g/mol. The van der Waals surface area contributed by atoms with Crippen molar-refractivity contribution in [1.82, 2.24) is 0 Å². The van der Waals surface area contributed by atoms with Crippen LogP contribution in [0.2, 0.25) is 5.02 Å². The van der Waals surface area contributed by atoms with E-state index in [1.165, 1.54) is 4.90 Å². The first-order valence-electron chi connectivity index (χ1n) is 5.43. The summed E-state index contributed by atoms with van der Waals surface area (Å²) < 4.78 is 4.91. The van der Waals surface area contributed by atoms with Gasteiger partial charge in [-0.25, -0.2) is 4.79 Å². The van der Waals surface area contributed by atoms with Gasteiger partial charge in [-0.2, -0.15) is 0 Å². The number of nitrogens with zero attached hydrogens (tertiary/aromatic N) is 1. The molecule has 0 bridgehead atoms. The van der Waals surface area contributed by atoms with Crippen molar-refractivity contribution in [2.75, 3.05) is 11.5 Å². The maximum atomic E-state index is 11.7. The minimum absolute atomic E-state index is 0.0804. The third kappa shape index (κ3) is 2.26. The van der Waals surface area contributed by atoms with E-state index in [2.05, 4.69) is 0 Å². The fraction of sp³-hybridized carbons (Fsp3) is 0.333. The zero-order valence-corrected chi connectivity index (χ0v) is 10.5. The van der Waals surface area contributed by atoms with Crippen LogP contribution in [0.1, 0.15) is 12.0 Å². The van der Waals surface area contributed by atoms with Crippen molar-refractivity contribution in [1.29, 1.82) is 0 Å². The third-order valence-corrected chi connectivity index (χ3v) is 3.28. The Morgan fingerprint density at radius 3 is 3.00 bits per heavy atom. The van der Waals surface area contributed by atoms with Crippen LogP contribution in [-0.2, 0) is 9.53 Å². The highest BCUT2D eigenvalue weighted by Gasteiger charge is 2.36. The molecular formula is C12H12ClNO4. The molecule has 1 atom stereocenters. The van der Waals surface area contributed by atoms with E-state index in [4.69, 9.17) is 21.4 Å². The van der Waals surface area contributed by atoms with Gasteiger partial charge in [-0.05, 0) is 24.6 Å². The Morgan fingerprint density at radius 1 is 1.61 bits per heavy atom.